The number of ether oxygens (including phenoxy) is 3. The van der Waals surface area contributed by atoms with Crippen molar-refractivity contribution in [2.75, 3.05) is 43.3 Å². The third-order valence-corrected chi connectivity index (χ3v) is 16.8. The second kappa shape index (κ2) is 16.9. The summed E-state index contributed by atoms with van der Waals surface area (Å²) in [5, 5.41) is 24.8. The smallest absolute Gasteiger partial charge is 0.264 e. The van der Waals surface area contributed by atoms with Gasteiger partial charge in [-0.15, -0.1) is 0 Å². The maximum atomic E-state index is 15.2. The van der Waals surface area contributed by atoms with Crippen LogP contribution in [-0.2, 0) is 32.9 Å². The van der Waals surface area contributed by atoms with Crippen molar-refractivity contribution in [1.29, 1.82) is 0 Å². The summed E-state index contributed by atoms with van der Waals surface area (Å²) < 4.78 is 18.3. The number of unbranched alkanes of at least 4 members (excludes halogenated alkanes) is 1. The maximum absolute atomic E-state index is 15.2. The molecule has 12 heteroatoms. The Morgan fingerprint density at radius 1 is 0.947 bits per heavy atom. The van der Waals surface area contributed by atoms with Crippen molar-refractivity contribution in [3.63, 3.8) is 0 Å². The van der Waals surface area contributed by atoms with Crippen LogP contribution in [0, 0.1) is 5.92 Å². The lowest BCUT2D eigenvalue weighted by molar-refractivity contribution is -0.146. The Morgan fingerprint density at radius 3 is 2.42 bits per heavy atom. The van der Waals surface area contributed by atoms with E-state index in [2.05, 4.69) is 37.5 Å². The zero-order chi connectivity index (χ0) is 40.5. The van der Waals surface area contributed by atoms with Crippen LogP contribution in [0.4, 0.5) is 17.1 Å². The zero-order valence-corrected chi connectivity index (χ0v) is 35.2. The molecule has 4 aromatic carbocycles. The first-order valence-electron chi connectivity index (χ1n) is 20.1. The molecule has 2 amide bonds. The van der Waals surface area contributed by atoms with Gasteiger partial charge in [-0.3, -0.25) is 14.5 Å². The van der Waals surface area contributed by atoms with Crippen molar-refractivity contribution in [3.8, 4) is 11.5 Å². The van der Waals surface area contributed by atoms with Gasteiger partial charge >= 0.3 is 0 Å². The Kier molecular flexibility index (Phi) is 12.2. The summed E-state index contributed by atoms with van der Waals surface area (Å²) in [6.07, 6.45) is 1.98. The molecule has 4 aromatic rings. The minimum Gasteiger partial charge on any atom is -0.497 e. The Bertz CT molecular complexity index is 2100. The van der Waals surface area contributed by atoms with E-state index in [4.69, 9.17) is 25.8 Å². The number of benzene rings is 4. The van der Waals surface area contributed by atoms with Crippen LogP contribution in [-0.4, -0.2) is 75.7 Å². The highest BCUT2D eigenvalue weighted by Gasteiger charge is 2.66. The van der Waals surface area contributed by atoms with Crippen molar-refractivity contribution in [2.24, 2.45) is 5.92 Å². The minimum atomic E-state index is -2.35. The third kappa shape index (κ3) is 7.50. The van der Waals surface area contributed by atoms with Crippen molar-refractivity contribution >= 4 is 53.7 Å². The van der Waals surface area contributed by atoms with Crippen LogP contribution in [0.3, 0.4) is 0 Å². The molecule has 0 saturated carbocycles. The van der Waals surface area contributed by atoms with Crippen molar-refractivity contribution in [2.45, 2.75) is 82.5 Å². The quantitative estimate of drug-likeness (QED) is 0.0882. The summed E-state index contributed by atoms with van der Waals surface area (Å²) >= 11 is 6.69. The highest BCUT2D eigenvalue weighted by atomic mass is 35.5. The average molecular weight is 812 g/mol. The van der Waals surface area contributed by atoms with Gasteiger partial charge < -0.3 is 34.6 Å². The molecule has 1 unspecified atom stereocenters. The Labute approximate surface area is 341 Å². The lowest BCUT2D eigenvalue weighted by atomic mass is 9.82. The number of carbonyl (C=O) groups is 2. The molecule has 3 heterocycles. The Morgan fingerprint density at radius 2 is 1.70 bits per heavy atom. The predicted molar refractivity (Wildman–Crippen MR) is 227 cm³/mol. The number of hydrogen-bond donors (Lipinski definition) is 3. The number of aliphatic hydroxyl groups excluding tert-OH is 2. The normalized spacial score (nSPS) is 22.9. The molecule has 7 rings (SSSR count). The van der Waals surface area contributed by atoms with Crippen LogP contribution in [0.1, 0.15) is 49.8 Å². The summed E-state index contributed by atoms with van der Waals surface area (Å²) in [5.41, 5.74) is 3.52. The van der Waals surface area contributed by atoms with Crippen molar-refractivity contribution in [1.82, 2.24) is 5.32 Å². The van der Waals surface area contributed by atoms with Crippen LogP contribution in [0.2, 0.25) is 23.7 Å². The lowest BCUT2D eigenvalue weighted by Crippen LogP contribution is -2.51. The molecule has 5 atom stereocenters. The van der Waals surface area contributed by atoms with E-state index < -0.39 is 19.7 Å². The molecule has 57 heavy (non-hydrogen) atoms. The molecule has 302 valence electrons. The van der Waals surface area contributed by atoms with E-state index in [0.717, 1.165) is 46.0 Å². The van der Waals surface area contributed by atoms with E-state index in [1.165, 1.54) is 5.19 Å². The van der Waals surface area contributed by atoms with E-state index in [-0.39, 0.29) is 49.1 Å². The maximum Gasteiger partial charge on any atom is 0.264 e. The molecule has 1 fully saturated rings. The number of amides is 2. The van der Waals surface area contributed by atoms with Crippen molar-refractivity contribution in [3.05, 3.63) is 107 Å². The number of aliphatic hydroxyl groups is 2. The minimum absolute atomic E-state index is 0.00396. The zero-order valence-electron chi connectivity index (χ0n) is 33.5. The molecule has 3 N–H and O–H groups in total. The van der Waals surface area contributed by atoms with Gasteiger partial charge in [0.1, 0.15) is 11.5 Å². The molecule has 1 spiro atoms. The Hall–Kier alpha value is -4.23. The van der Waals surface area contributed by atoms with Crippen molar-refractivity contribution < 1.29 is 34.0 Å². The van der Waals surface area contributed by atoms with Crippen LogP contribution >= 0.6 is 11.6 Å². The molecule has 3 aliphatic rings. The number of nitrogens with zero attached hydrogens (tertiary/aromatic N) is 2. The standard InChI is InChI=1S/C45H54ClN3O7Si/c1-6-55-35-15-19-39-31(25-35)26-38(47-21-7-8-22-50)43(52)49(39)33-11-9-10-30(24-33)28-48-40-18-12-32(46)27-37(40)45(44(48)53)29(2)42(41(56-45)20-23-51)57(4,5)36-16-13-34(54-3)14-17-36/h9-19,24-25,27,29,38,41-42,47,50-51H,6-8,20-23,26,28H2,1-5H3/t29-,38?,41+,42-,45+/m1/s1. The summed E-state index contributed by atoms with van der Waals surface area (Å²) in [4.78, 5) is 33.1. The predicted octanol–water partition coefficient (Wildman–Crippen LogP) is 6.84. The molecule has 0 aromatic heterocycles. The van der Waals surface area contributed by atoms with E-state index in [1.54, 1.807) is 16.9 Å². The first-order chi connectivity index (χ1) is 27.5. The Balaban J connectivity index is 1.23. The van der Waals surface area contributed by atoms with Crippen LogP contribution < -0.4 is 29.8 Å². The fourth-order valence-corrected chi connectivity index (χ4v) is 13.8. The van der Waals surface area contributed by atoms with E-state index in [0.29, 0.717) is 43.1 Å². The van der Waals surface area contributed by atoms with Crippen LogP contribution in [0.5, 0.6) is 11.5 Å². The number of rotatable bonds is 15. The second-order valence-electron chi connectivity index (χ2n) is 15.9. The molecule has 3 aliphatic heterocycles. The van der Waals surface area contributed by atoms with Gasteiger partial charge in [0.2, 0.25) is 5.91 Å². The fourth-order valence-electron chi connectivity index (χ4n) is 9.54. The van der Waals surface area contributed by atoms with Gasteiger partial charge in [0, 0.05) is 35.4 Å². The van der Waals surface area contributed by atoms with Gasteiger partial charge in [-0.2, -0.15) is 0 Å². The number of hydrogen-bond acceptors (Lipinski definition) is 8. The molecule has 0 radical (unpaired) electrons. The van der Waals surface area contributed by atoms with Gasteiger partial charge in [-0.05, 0) is 116 Å². The number of anilines is 3. The lowest BCUT2D eigenvalue weighted by Gasteiger charge is -2.37. The molecule has 0 bridgehead atoms. The summed E-state index contributed by atoms with van der Waals surface area (Å²) in [6, 6.07) is 27.0. The number of carbonyl (C=O) groups excluding carboxylic acids is 2. The SMILES string of the molecule is CCOc1ccc2c(c1)CC(NCCCCO)C(=O)N2c1cccc(CN2C(=O)[C@@]3(O[C@@H](CCO)[C@H]([Si](C)(C)c4ccc(OC)cc4)[C@H]3C)c3cc(Cl)ccc32)c1. The highest BCUT2D eigenvalue weighted by molar-refractivity contribution is 6.91. The fraction of sp³-hybridized carbons (Fsp3) is 0.422. The number of nitrogens with one attached hydrogen (secondary N) is 1. The van der Waals surface area contributed by atoms with E-state index >= 15 is 4.79 Å². The monoisotopic (exact) mass is 811 g/mol. The molecule has 1 saturated heterocycles. The van der Waals surface area contributed by atoms with Crippen LogP contribution in [0.25, 0.3) is 0 Å². The first kappa shape index (κ1) is 40.9. The second-order valence-corrected chi connectivity index (χ2v) is 21.1. The molecular weight excluding hydrogens is 758 g/mol. The van der Waals surface area contributed by atoms with E-state index in [9.17, 15) is 15.0 Å². The van der Waals surface area contributed by atoms with E-state index in [1.807, 2.05) is 79.7 Å². The summed E-state index contributed by atoms with van der Waals surface area (Å²) in [5.74, 6) is 1.08. The average Bonchev–Trinajstić information content (AvgIpc) is 3.62. The van der Waals surface area contributed by atoms with Gasteiger partial charge in [-0.25, -0.2) is 0 Å². The first-order valence-corrected chi connectivity index (χ1v) is 23.5. The number of halogens is 1. The topological polar surface area (TPSA) is 121 Å². The van der Waals surface area contributed by atoms with Gasteiger partial charge in [0.25, 0.3) is 5.91 Å². The van der Waals surface area contributed by atoms with Gasteiger partial charge in [0.05, 0.1) is 51.9 Å². The van der Waals surface area contributed by atoms with Crippen LogP contribution in [0.15, 0.2) is 84.9 Å². The summed E-state index contributed by atoms with van der Waals surface area (Å²) in [6.45, 7) is 10.1. The molecule has 0 aliphatic carbocycles. The number of fused-ring (bicyclic) bond motifs is 3. The largest absolute Gasteiger partial charge is 0.497 e. The molecule has 10 nitrogen and oxygen atoms in total. The highest BCUT2D eigenvalue weighted by Crippen LogP contribution is 2.60. The number of methoxy groups -OCH3 is 1. The molecular formula is C45H54ClN3O7Si. The van der Waals surface area contributed by atoms with Gasteiger partial charge in [-0.1, -0.05) is 61.1 Å². The summed E-state index contributed by atoms with van der Waals surface area (Å²) in [7, 11) is -0.690. The third-order valence-electron chi connectivity index (χ3n) is 12.2. The van der Waals surface area contributed by atoms with Gasteiger partial charge in [0.15, 0.2) is 5.60 Å².